The molecule has 11 heteroatoms. The highest BCUT2D eigenvalue weighted by Gasteiger charge is 2.36. The van der Waals surface area contributed by atoms with E-state index in [2.05, 4.69) is 10.1 Å². The Balaban J connectivity index is 1.94. The Hall–Kier alpha value is -2.30. The lowest BCUT2D eigenvalue weighted by Gasteiger charge is -2.29. The summed E-state index contributed by atoms with van der Waals surface area (Å²) in [5, 5.41) is 3.08. The maximum absolute atomic E-state index is 13.4. The summed E-state index contributed by atoms with van der Waals surface area (Å²) in [7, 11) is -4.10. The summed E-state index contributed by atoms with van der Waals surface area (Å²) in [5.41, 5.74) is 0.407. The molecule has 1 aliphatic rings. The molecule has 0 aliphatic carbocycles. The Kier molecular flexibility index (Phi) is 7.13. The zero-order valence-electron chi connectivity index (χ0n) is 16.2. The van der Waals surface area contributed by atoms with E-state index in [-0.39, 0.29) is 11.4 Å². The molecule has 0 radical (unpaired) electrons. The number of nitrogens with zero attached hydrogens (tertiary/aromatic N) is 1. The molecular formula is C20H20ClF3N2O4S. The minimum absolute atomic E-state index is 0.0361. The van der Waals surface area contributed by atoms with Crippen LogP contribution in [0.2, 0.25) is 5.02 Å². The monoisotopic (exact) mass is 476 g/mol. The fourth-order valence-corrected chi connectivity index (χ4v) is 5.01. The van der Waals surface area contributed by atoms with Crippen molar-refractivity contribution >= 4 is 27.5 Å². The lowest BCUT2D eigenvalue weighted by Crippen LogP contribution is -2.48. The van der Waals surface area contributed by atoms with Crippen molar-refractivity contribution in [1.82, 2.24) is 9.62 Å². The number of carbonyl (C=O) groups excluding carboxylic acids is 1. The molecule has 0 saturated carbocycles. The molecule has 1 saturated heterocycles. The van der Waals surface area contributed by atoms with Crippen LogP contribution in [-0.4, -0.2) is 37.6 Å². The SMILES string of the molecule is O=C1NCCCC[C@H]1N(Cc1ccc(OC(F)(F)F)cc1)S(=O)(=O)c1ccc(Cl)cc1. The van der Waals surface area contributed by atoms with Crippen LogP contribution in [0.3, 0.4) is 0 Å². The molecule has 0 aromatic heterocycles. The molecule has 3 rings (SSSR count). The van der Waals surface area contributed by atoms with Crippen LogP contribution in [0, 0.1) is 0 Å². The molecule has 31 heavy (non-hydrogen) atoms. The maximum atomic E-state index is 13.4. The number of hydrogen-bond acceptors (Lipinski definition) is 4. The van der Waals surface area contributed by atoms with Crippen LogP contribution in [0.4, 0.5) is 13.2 Å². The van der Waals surface area contributed by atoms with E-state index in [4.69, 9.17) is 11.6 Å². The van der Waals surface area contributed by atoms with Crippen molar-refractivity contribution in [2.24, 2.45) is 0 Å². The zero-order valence-corrected chi connectivity index (χ0v) is 17.8. The minimum Gasteiger partial charge on any atom is -0.406 e. The molecule has 0 spiro atoms. The van der Waals surface area contributed by atoms with Crippen LogP contribution in [0.25, 0.3) is 0 Å². The van der Waals surface area contributed by atoms with Gasteiger partial charge in [0.1, 0.15) is 11.8 Å². The van der Waals surface area contributed by atoms with Gasteiger partial charge in [-0.1, -0.05) is 23.7 Å². The molecule has 1 heterocycles. The van der Waals surface area contributed by atoms with Crippen LogP contribution < -0.4 is 10.1 Å². The maximum Gasteiger partial charge on any atom is 0.573 e. The summed E-state index contributed by atoms with van der Waals surface area (Å²) in [6, 6.07) is 9.48. The van der Waals surface area contributed by atoms with Gasteiger partial charge < -0.3 is 10.1 Å². The van der Waals surface area contributed by atoms with Gasteiger partial charge in [0.15, 0.2) is 0 Å². The van der Waals surface area contributed by atoms with E-state index in [1.54, 1.807) is 0 Å². The summed E-state index contributed by atoms with van der Waals surface area (Å²) in [6.07, 6.45) is -3.13. The van der Waals surface area contributed by atoms with Gasteiger partial charge in [0.25, 0.3) is 0 Å². The number of alkyl halides is 3. The summed E-state index contributed by atoms with van der Waals surface area (Å²) >= 11 is 5.86. The normalized spacial score (nSPS) is 17.8. The first kappa shape index (κ1) is 23.4. The first-order valence-electron chi connectivity index (χ1n) is 9.46. The molecule has 2 aromatic rings. The smallest absolute Gasteiger partial charge is 0.406 e. The number of nitrogens with one attached hydrogen (secondary N) is 1. The quantitative estimate of drug-likeness (QED) is 0.681. The van der Waals surface area contributed by atoms with Crippen molar-refractivity contribution in [2.45, 2.75) is 43.1 Å². The Morgan fingerprint density at radius 2 is 1.71 bits per heavy atom. The Labute approximate surface area is 183 Å². The molecule has 1 aliphatic heterocycles. The average Bonchev–Trinajstić information content (AvgIpc) is 2.90. The van der Waals surface area contributed by atoms with Gasteiger partial charge in [-0.2, -0.15) is 4.31 Å². The van der Waals surface area contributed by atoms with Gasteiger partial charge >= 0.3 is 6.36 Å². The predicted octanol–water partition coefficient (Wildman–Crippen LogP) is 4.10. The number of benzene rings is 2. The highest BCUT2D eigenvalue weighted by Crippen LogP contribution is 2.27. The number of ether oxygens (including phenoxy) is 1. The summed E-state index contributed by atoms with van der Waals surface area (Å²) in [5.74, 6) is -0.831. The van der Waals surface area contributed by atoms with Gasteiger partial charge in [-0.3, -0.25) is 4.79 Å². The molecule has 1 fully saturated rings. The number of sulfonamides is 1. The van der Waals surface area contributed by atoms with Crippen LogP contribution in [0.1, 0.15) is 24.8 Å². The Morgan fingerprint density at radius 1 is 1.06 bits per heavy atom. The van der Waals surface area contributed by atoms with E-state index >= 15 is 0 Å². The molecule has 168 valence electrons. The van der Waals surface area contributed by atoms with E-state index in [9.17, 15) is 26.4 Å². The molecular weight excluding hydrogens is 457 g/mol. The first-order valence-corrected chi connectivity index (χ1v) is 11.3. The lowest BCUT2D eigenvalue weighted by atomic mass is 10.1. The van der Waals surface area contributed by atoms with Crippen LogP contribution in [0.5, 0.6) is 5.75 Å². The van der Waals surface area contributed by atoms with Gasteiger partial charge in [-0.15, -0.1) is 13.2 Å². The lowest BCUT2D eigenvalue weighted by molar-refractivity contribution is -0.274. The standard InChI is InChI=1S/C20H20ClF3N2O4S/c21-15-6-10-17(11-7-15)31(28,29)26(18-3-1-2-12-25-19(18)27)13-14-4-8-16(9-5-14)30-20(22,23)24/h4-11,18H,1-3,12-13H2,(H,25,27)/t18-/m1/s1. The summed E-state index contributed by atoms with van der Waals surface area (Å²) < 4.78 is 68.9. The Bertz CT molecular complexity index is 1010. The highest BCUT2D eigenvalue weighted by molar-refractivity contribution is 7.89. The van der Waals surface area contributed by atoms with Gasteiger partial charge in [0.2, 0.25) is 15.9 Å². The number of amides is 1. The van der Waals surface area contributed by atoms with Gasteiger partial charge in [-0.05, 0) is 61.2 Å². The van der Waals surface area contributed by atoms with Crippen LogP contribution in [-0.2, 0) is 21.4 Å². The van der Waals surface area contributed by atoms with E-state index in [1.165, 1.54) is 36.4 Å². The summed E-state index contributed by atoms with van der Waals surface area (Å²) in [6.45, 7) is 0.253. The van der Waals surface area contributed by atoms with E-state index in [0.717, 1.165) is 22.9 Å². The minimum atomic E-state index is -4.83. The third-order valence-corrected chi connectivity index (χ3v) is 6.89. The molecule has 2 aromatic carbocycles. The van der Waals surface area contributed by atoms with Crippen molar-refractivity contribution in [3.05, 3.63) is 59.1 Å². The highest BCUT2D eigenvalue weighted by atomic mass is 35.5. The molecule has 1 N–H and O–H groups in total. The van der Waals surface area contributed by atoms with Gasteiger partial charge in [0, 0.05) is 18.1 Å². The Morgan fingerprint density at radius 3 is 2.32 bits per heavy atom. The molecule has 1 amide bonds. The van der Waals surface area contributed by atoms with Crippen LogP contribution in [0.15, 0.2) is 53.4 Å². The van der Waals surface area contributed by atoms with Gasteiger partial charge in [0.05, 0.1) is 4.90 Å². The van der Waals surface area contributed by atoms with Crippen molar-refractivity contribution in [1.29, 1.82) is 0 Å². The number of hydrogen-bond donors (Lipinski definition) is 1. The fraction of sp³-hybridized carbons (Fsp3) is 0.350. The van der Waals surface area contributed by atoms with Gasteiger partial charge in [-0.25, -0.2) is 8.42 Å². The largest absolute Gasteiger partial charge is 0.573 e. The topological polar surface area (TPSA) is 75.7 Å². The molecule has 6 nitrogen and oxygen atoms in total. The van der Waals surface area contributed by atoms with Crippen molar-refractivity contribution in [3.63, 3.8) is 0 Å². The second kappa shape index (κ2) is 9.46. The summed E-state index contributed by atoms with van der Waals surface area (Å²) in [4.78, 5) is 12.6. The number of rotatable bonds is 6. The predicted molar refractivity (Wildman–Crippen MR) is 108 cm³/mol. The average molecular weight is 477 g/mol. The number of halogens is 4. The molecule has 0 bridgehead atoms. The molecule has 0 unspecified atom stereocenters. The van der Waals surface area contributed by atoms with Crippen molar-refractivity contribution in [3.8, 4) is 5.75 Å². The second-order valence-electron chi connectivity index (χ2n) is 7.00. The van der Waals surface area contributed by atoms with Crippen LogP contribution >= 0.6 is 11.6 Å². The number of carbonyl (C=O) groups is 1. The van der Waals surface area contributed by atoms with E-state index in [0.29, 0.717) is 30.0 Å². The van der Waals surface area contributed by atoms with E-state index in [1.807, 2.05) is 0 Å². The second-order valence-corrected chi connectivity index (χ2v) is 9.33. The van der Waals surface area contributed by atoms with Crippen molar-refractivity contribution in [2.75, 3.05) is 6.54 Å². The third kappa shape index (κ3) is 6.11. The van der Waals surface area contributed by atoms with E-state index < -0.39 is 34.1 Å². The fourth-order valence-electron chi connectivity index (χ4n) is 3.28. The third-order valence-electron chi connectivity index (χ3n) is 4.77. The molecule has 1 atom stereocenters. The van der Waals surface area contributed by atoms with Crippen molar-refractivity contribution < 1.29 is 31.1 Å². The zero-order chi connectivity index (χ0) is 22.6. The first-order chi connectivity index (χ1) is 14.6.